The number of imidazole rings is 1. The van der Waals surface area contributed by atoms with Gasteiger partial charge in [0.25, 0.3) is 0 Å². The first kappa shape index (κ1) is 20.2. The number of rotatable bonds is 6. The summed E-state index contributed by atoms with van der Waals surface area (Å²) in [5, 5.41) is 6.86. The van der Waals surface area contributed by atoms with Crippen molar-refractivity contribution in [1.82, 2.24) is 24.8 Å². The number of nitrogens with zero attached hydrogens (tertiary/aromatic N) is 5. The smallest absolute Gasteiger partial charge is 0.323 e. The molecule has 0 saturated carbocycles. The highest BCUT2D eigenvalue weighted by Gasteiger charge is 2.34. The van der Waals surface area contributed by atoms with E-state index in [9.17, 15) is 4.79 Å². The normalized spacial score (nSPS) is 17.3. The first-order valence-corrected chi connectivity index (χ1v) is 10.3. The van der Waals surface area contributed by atoms with Gasteiger partial charge in [0.05, 0.1) is 24.1 Å². The van der Waals surface area contributed by atoms with Gasteiger partial charge < -0.3 is 15.2 Å². The molecule has 1 fully saturated rings. The van der Waals surface area contributed by atoms with Crippen LogP contribution in [0, 0.1) is 5.92 Å². The van der Waals surface area contributed by atoms with Crippen LogP contribution in [0.15, 0.2) is 49.1 Å². The molecular weight excluding hydrogens is 402 g/mol. The van der Waals surface area contributed by atoms with Crippen LogP contribution in [-0.4, -0.2) is 38.1 Å². The van der Waals surface area contributed by atoms with E-state index in [4.69, 9.17) is 11.6 Å². The van der Waals surface area contributed by atoms with Crippen LogP contribution in [0.5, 0.6) is 0 Å². The lowest BCUT2D eigenvalue weighted by atomic mass is 10.0. The van der Waals surface area contributed by atoms with E-state index in [1.165, 1.54) is 0 Å². The molecule has 1 aliphatic heterocycles. The molecule has 3 aromatic rings. The van der Waals surface area contributed by atoms with Crippen LogP contribution in [0.1, 0.15) is 32.5 Å². The maximum absolute atomic E-state index is 12.3. The van der Waals surface area contributed by atoms with E-state index in [-0.39, 0.29) is 18.1 Å². The third kappa shape index (κ3) is 4.09. The lowest BCUT2D eigenvalue weighted by molar-refractivity contribution is 0.251. The maximum Gasteiger partial charge on any atom is 0.323 e. The highest BCUT2D eigenvalue weighted by molar-refractivity contribution is 6.30. The Balaban J connectivity index is 1.50. The predicted octanol–water partition coefficient (Wildman–Crippen LogP) is 4.04. The van der Waals surface area contributed by atoms with Gasteiger partial charge in [0.2, 0.25) is 5.95 Å². The van der Waals surface area contributed by atoms with Gasteiger partial charge in [-0.2, -0.15) is 4.98 Å². The molecule has 9 heteroatoms. The molecule has 1 aliphatic rings. The van der Waals surface area contributed by atoms with Gasteiger partial charge in [-0.25, -0.2) is 14.8 Å². The van der Waals surface area contributed by atoms with Crippen molar-refractivity contribution in [3.05, 3.63) is 59.8 Å². The van der Waals surface area contributed by atoms with Gasteiger partial charge in [-0.15, -0.1) is 0 Å². The number of aromatic nitrogens is 4. The van der Waals surface area contributed by atoms with Crippen LogP contribution >= 0.6 is 11.6 Å². The molecule has 0 radical (unpaired) electrons. The first-order chi connectivity index (χ1) is 14.4. The third-order valence-electron chi connectivity index (χ3n) is 5.19. The molecule has 2 aromatic heterocycles. The molecule has 1 saturated heterocycles. The molecule has 30 heavy (non-hydrogen) atoms. The van der Waals surface area contributed by atoms with Crippen LogP contribution in [0.4, 0.5) is 16.6 Å². The van der Waals surface area contributed by atoms with Crippen molar-refractivity contribution in [1.29, 1.82) is 0 Å². The summed E-state index contributed by atoms with van der Waals surface area (Å²) in [6.45, 7) is 6.79. The largest absolute Gasteiger partial charge is 0.346 e. The monoisotopic (exact) mass is 425 g/mol. The van der Waals surface area contributed by atoms with Crippen molar-refractivity contribution in [2.75, 3.05) is 16.8 Å². The summed E-state index contributed by atoms with van der Waals surface area (Å²) >= 11 is 5.96. The van der Waals surface area contributed by atoms with Crippen molar-refractivity contribution in [3.8, 4) is 5.69 Å². The van der Waals surface area contributed by atoms with Crippen LogP contribution in [0.3, 0.4) is 0 Å². The summed E-state index contributed by atoms with van der Waals surface area (Å²) in [6, 6.07) is 9.12. The zero-order chi connectivity index (χ0) is 21.3. The Kier molecular flexibility index (Phi) is 5.59. The molecular formula is C21H24ClN7O. The number of halogens is 1. The Morgan fingerprint density at radius 2 is 1.93 bits per heavy atom. The summed E-state index contributed by atoms with van der Waals surface area (Å²) in [5.41, 5.74) is 1.82. The Morgan fingerprint density at radius 1 is 1.17 bits per heavy atom. The lowest BCUT2D eigenvalue weighted by Crippen LogP contribution is -2.38. The Hall–Kier alpha value is -3.13. The van der Waals surface area contributed by atoms with E-state index in [0.29, 0.717) is 29.3 Å². The van der Waals surface area contributed by atoms with Crippen molar-refractivity contribution in [3.63, 3.8) is 0 Å². The average Bonchev–Trinajstić information content (AvgIpc) is 3.36. The average molecular weight is 426 g/mol. The van der Waals surface area contributed by atoms with Crippen LogP contribution in [0.2, 0.25) is 5.02 Å². The minimum atomic E-state index is -0.131. The highest BCUT2D eigenvalue weighted by atomic mass is 35.5. The molecule has 8 nitrogen and oxygen atoms in total. The van der Waals surface area contributed by atoms with Gasteiger partial charge in [0, 0.05) is 29.6 Å². The van der Waals surface area contributed by atoms with E-state index in [0.717, 1.165) is 11.4 Å². The summed E-state index contributed by atoms with van der Waals surface area (Å²) < 4.78 is 1.93. The second-order valence-corrected chi connectivity index (χ2v) is 8.09. The third-order valence-corrected chi connectivity index (χ3v) is 5.44. The summed E-state index contributed by atoms with van der Waals surface area (Å²) in [5.74, 6) is 1.34. The van der Waals surface area contributed by atoms with Gasteiger partial charge in [0.15, 0.2) is 0 Å². The topological polar surface area (TPSA) is 88.0 Å². The molecule has 156 valence electrons. The number of benzene rings is 1. The SMILES string of the molecule is CC(C)C1CNC(=O)N1c1ccnc(N[C@H](C)c2cn(-c3ccc(Cl)cc3)cn2)n1. The molecule has 0 spiro atoms. The van der Waals surface area contributed by atoms with E-state index in [1.807, 2.05) is 42.0 Å². The molecule has 1 aromatic carbocycles. The van der Waals surface area contributed by atoms with Gasteiger partial charge >= 0.3 is 6.03 Å². The van der Waals surface area contributed by atoms with Crippen molar-refractivity contribution in [2.45, 2.75) is 32.9 Å². The summed E-state index contributed by atoms with van der Waals surface area (Å²) in [7, 11) is 0. The number of carbonyl (C=O) groups is 1. The Morgan fingerprint density at radius 3 is 2.67 bits per heavy atom. The van der Waals surface area contributed by atoms with E-state index >= 15 is 0 Å². The molecule has 0 bridgehead atoms. The number of hydrogen-bond acceptors (Lipinski definition) is 5. The number of anilines is 2. The number of nitrogens with one attached hydrogen (secondary N) is 2. The van der Waals surface area contributed by atoms with Crippen molar-refractivity contribution < 1.29 is 4.79 Å². The van der Waals surface area contributed by atoms with E-state index in [1.54, 1.807) is 23.5 Å². The summed E-state index contributed by atoms with van der Waals surface area (Å²) in [4.78, 5) is 27.4. The molecule has 4 rings (SSSR count). The van der Waals surface area contributed by atoms with E-state index in [2.05, 4.69) is 39.4 Å². The quantitative estimate of drug-likeness (QED) is 0.622. The number of amides is 2. The molecule has 3 heterocycles. The number of carbonyl (C=O) groups excluding carboxylic acids is 1. The van der Waals surface area contributed by atoms with Gasteiger partial charge in [-0.3, -0.25) is 4.90 Å². The Bertz CT molecular complexity index is 1030. The first-order valence-electron chi connectivity index (χ1n) is 9.89. The van der Waals surface area contributed by atoms with Crippen LogP contribution < -0.4 is 15.5 Å². The highest BCUT2D eigenvalue weighted by Crippen LogP contribution is 2.24. The predicted molar refractivity (Wildman–Crippen MR) is 117 cm³/mol. The fourth-order valence-electron chi connectivity index (χ4n) is 3.46. The Labute approximate surface area is 180 Å². The molecule has 1 unspecified atom stereocenters. The number of hydrogen-bond donors (Lipinski definition) is 2. The number of urea groups is 1. The fourth-order valence-corrected chi connectivity index (χ4v) is 3.59. The lowest BCUT2D eigenvalue weighted by Gasteiger charge is -2.25. The van der Waals surface area contributed by atoms with Crippen LogP contribution in [-0.2, 0) is 0 Å². The second-order valence-electron chi connectivity index (χ2n) is 7.65. The molecule has 2 atom stereocenters. The molecule has 2 N–H and O–H groups in total. The van der Waals surface area contributed by atoms with Crippen molar-refractivity contribution in [2.24, 2.45) is 5.92 Å². The van der Waals surface area contributed by atoms with Gasteiger partial charge in [-0.1, -0.05) is 25.4 Å². The van der Waals surface area contributed by atoms with Gasteiger partial charge in [-0.05, 0) is 43.2 Å². The zero-order valence-corrected chi connectivity index (χ0v) is 17.8. The van der Waals surface area contributed by atoms with Crippen molar-refractivity contribution >= 4 is 29.4 Å². The minimum absolute atomic E-state index is 0.0627. The maximum atomic E-state index is 12.3. The minimum Gasteiger partial charge on any atom is -0.346 e. The molecule has 2 amide bonds. The zero-order valence-electron chi connectivity index (χ0n) is 17.1. The van der Waals surface area contributed by atoms with Gasteiger partial charge in [0.1, 0.15) is 5.82 Å². The van der Waals surface area contributed by atoms with E-state index < -0.39 is 0 Å². The standard InChI is InChI=1S/C21H24ClN7O/c1-13(2)18-10-24-21(30)29(18)19-8-9-23-20(27-19)26-14(3)17-11-28(12-25-17)16-6-4-15(22)5-7-16/h4-9,11-14,18H,10H2,1-3H3,(H,24,30)(H,23,26,27)/t14-,18?/m1/s1. The van der Waals surface area contributed by atoms with Crippen LogP contribution in [0.25, 0.3) is 5.69 Å². The summed E-state index contributed by atoms with van der Waals surface area (Å²) in [6.07, 6.45) is 5.37. The fraction of sp³-hybridized carbons (Fsp3) is 0.333. The second kappa shape index (κ2) is 8.31. The molecule has 0 aliphatic carbocycles.